The van der Waals surface area contributed by atoms with Crippen LogP contribution in [0.15, 0.2) is 50.5 Å². The van der Waals surface area contributed by atoms with Crippen LogP contribution >= 0.6 is 0 Å². The lowest BCUT2D eigenvalue weighted by atomic mass is 10.2. The third kappa shape index (κ3) is 4.44. The second-order valence-electron chi connectivity index (χ2n) is 6.19. The average molecular weight is 389 g/mol. The van der Waals surface area contributed by atoms with E-state index in [9.17, 15) is 18.0 Å². The van der Waals surface area contributed by atoms with E-state index in [0.717, 1.165) is 5.56 Å². The van der Waals surface area contributed by atoms with Gasteiger partial charge >= 0.3 is 5.76 Å². The fraction of sp³-hybridized carbons (Fsp3) is 0.222. The van der Waals surface area contributed by atoms with Gasteiger partial charge in [-0.25, -0.2) is 17.9 Å². The summed E-state index contributed by atoms with van der Waals surface area (Å²) in [5, 5.41) is 2.65. The maximum atomic E-state index is 12.4. The van der Waals surface area contributed by atoms with Gasteiger partial charge in [0, 0.05) is 18.7 Å². The molecule has 0 aliphatic rings. The first-order valence-electron chi connectivity index (χ1n) is 8.24. The molecule has 27 heavy (non-hydrogen) atoms. The molecule has 0 aliphatic carbocycles. The molecule has 0 bridgehead atoms. The van der Waals surface area contributed by atoms with Gasteiger partial charge in [0.05, 0.1) is 10.4 Å². The lowest BCUT2D eigenvalue weighted by molar-refractivity contribution is -0.116. The third-order valence-electron chi connectivity index (χ3n) is 3.97. The van der Waals surface area contributed by atoms with Crippen LogP contribution in [0.5, 0.6) is 0 Å². The Morgan fingerprint density at radius 3 is 2.67 bits per heavy atom. The molecule has 8 nitrogen and oxygen atoms in total. The van der Waals surface area contributed by atoms with Gasteiger partial charge in [0.25, 0.3) is 0 Å². The molecule has 0 saturated heterocycles. The Morgan fingerprint density at radius 1 is 1.15 bits per heavy atom. The summed E-state index contributed by atoms with van der Waals surface area (Å²) < 4.78 is 32.1. The number of aromatic amines is 1. The number of aryl methyl sites for hydroxylation is 2. The Kier molecular flexibility index (Phi) is 5.15. The van der Waals surface area contributed by atoms with Crippen LogP contribution in [0.1, 0.15) is 17.5 Å². The quantitative estimate of drug-likeness (QED) is 0.596. The van der Waals surface area contributed by atoms with Crippen molar-refractivity contribution in [1.29, 1.82) is 0 Å². The topological polar surface area (TPSA) is 121 Å². The monoisotopic (exact) mass is 389 g/mol. The summed E-state index contributed by atoms with van der Waals surface area (Å²) in [5.41, 5.74) is 2.95. The summed E-state index contributed by atoms with van der Waals surface area (Å²) in [5.74, 6) is -0.933. The van der Waals surface area contributed by atoms with Crippen LogP contribution in [0.2, 0.25) is 0 Å². The zero-order valence-electron chi connectivity index (χ0n) is 14.8. The van der Waals surface area contributed by atoms with E-state index in [2.05, 4.69) is 15.0 Å². The van der Waals surface area contributed by atoms with Gasteiger partial charge in [0.15, 0.2) is 5.58 Å². The zero-order chi connectivity index (χ0) is 19.6. The number of oxazole rings is 1. The summed E-state index contributed by atoms with van der Waals surface area (Å²) in [6, 6.07) is 9.79. The molecule has 1 amide bonds. The average Bonchev–Trinajstić information content (AvgIpc) is 2.93. The highest BCUT2D eigenvalue weighted by molar-refractivity contribution is 7.89. The minimum atomic E-state index is -3.68. The number of benzene rings is 2. The number of rotatable bonds is 6. The largest absolute Gasteiger partial charge is 0.417 e. The second kappa shape index (κ2) is 7.37. The van der Waals surface area contributed by atoms with Crippen LogP contribution in [0.25, 0.3) is 11.1 Å². The van der Waals surface area contributed by atoms with E-state index >= 15 is 0 Å². The number of nitrogens with one attached hydrogen (secondary N) is 3. The minimum Gasteiger partial charge on any atom is -0.408 e. The summed E-state index contributed by atoms with van der Waals surface area (Å²) in [7, 11) is -3.68. The van der Waals surface area contributed by atoms with Crippen molar-refractivity contribution in [3.63, 3.8) is 0 Å². The highest BCUT2D eigenvalue weighted by Crippen LogP contribution is 2.17. The summed E-state index contributed by atoms with van der Waals surface area (Å²) in [6.45, 7) is 3.58. The fourth-order valence-corrected chi connectivity index (χ4v) is 3.99. The fourth-order valence-electron chi connectivity index (χ4n) is 2.73. The number of hydrogen-bond donors (Lipinski definition) is 3. The van der Waals surface area contributed by atoms with Crippen LogP contribution < -0.4 is 15.8 Å². The van der Waals surface area contributed by atoms with Crippen molar-refractivity contribution >= 4 is 32.7 Å². The van der Waals surface area contributed by atoms with Crippen molar-refractivity contribution in [3.8, 4) is 0 Å². The molecule has 0 unspecified atom stereocenters. The van der Waals surface area contributed by atoms with E-state index < -0.39 is 15.8 Å². The molecule has 1 aromatic heterocycles. The van der Waals surface area contributed by atoms with Gasteiger partial charge < -0.3 is 9.73 Å². The van der Waals surface area contributed by atoms with E-state index in [4.69, 9.17) is 4.42 Å². The molecule has 0 fully saturated rings. The molecule has 0 aliphatic heterocycles. The number of aromatic nitrogens is 1. The zero-order valence-corrected chi connectivity index (χ0v) is 15.6. The number of sulfonamides is 1. The Morgan fingerprint density at radius 2 is 1.93 bits per heavy atom. The molecule has 0 radical (unpaired) electrons. The highest BCUT2D eigenvalue weighted by atomic mass is 32.2. The first-order valence-corrected chi connectivity index (χ1v) is 9.72. The molecule has 2 aromatic carbocycles. The Labute approximate surface area is 155 Å². The van der Waals surface area contributed by atoms with E-state index in [-0.39, 0.29) is 23.8 Å². The van der Waals surface area contributed by atoms with E-state index in [1.807, 2.05) is 6.92 Å². The molecule has 3 N–H and O–H groups in total. The van der Waals surface area contributed by atoms with E-state index in [1.54, 1.807) is 43.3 Å². The van der Waals surface area contributed by atoms with Crippen LogP contribution in [0.4, 0.5) is 5.69 Å². The van der Waals surface area contributed by atoms with Gasteiger partial charge in [-0.05, 0) is 43.7 Å². The molecular weight excluding hydrogens is 370 g/mol. The smallest absolute Gasteiger partial charge is 0.408 e. The van der Waals surface area contributed by atoms with Crippen molar-refractivity contribution in [1.82, 2.24) is 9.71 Å². The number of H-pyrrole nitrogens is 1. The lowest BCUT2D eigenvalue weighted by Crippen LogP contribution is -2.28. The van der Waals surface area contributed by atoms with Gasteiger partial charge in [-0.15, -0.1) is 0 Å². The van der Waals surface area contributed by atoms with Gasteiger partial charge in [-0.1, -0.05) is 17.7 Å². The van der Waals surface area contributed by atoms with E-state index in [0.29, 0.717) is 22.4 Å². The first-order chi connectivity index (χ1) is 12.7. The Hall–Kier alpha value is -2.91. The summed E-state index contributed by atoms with van der Waals surface area (Å²) in [4.78, 5) is 25.9. The predicted molar refractivity (Wildman–Crippen MR) is 101 cm³/mol. The molecule has 1 heterocycles. The SMILES string of the molecule is Cc1ccc(S(=O)(=O)NCCC(=O)Nc2ccc3oc(=O)[nH]c3c2)c(C)c1. The number of fused-ring (bicyclic) bond motifs is 1. The highest BCUT2D eigenvalue weighted by Gasteiger charge is 2.16. The van der Waals surface area contributed by atoms with Gasteiger partial charge in [0.2, 0.25) is 15.9 Å². The Bertz CT molecular complexity index is 1160. The molecule has 0 atom stereocenters. The molecule has 142 valence electrons. The van der Waals surface area contributed by atoms with Crippen molar-refractivity contribution < 1.29 is 17.6 Å². The van der Waals surface area contributed by atoms with Crippen LogP contribution in [0, 0.1) is 13.8 Å². The predicted octanol–water partition coefficient (Wildman–Crippen LogP) is 2.05. The summed E-state index contributed by atoms with van der Waals surface area (Å²) in [6.07, 6.45) is -0.0376. The number of hydrogen-bond acceptors (Lipinski definition) is 5. The number of carbonyl (C=O) groups is 1. The van der Waals surface area contributed by atoms with E-state index in [1.165, 1.54) is 0 Å². The van der Waals surface area contributed by atoms with Crippen molar-refractivity contribution in [2.24, 2.45) is 0 Å². The normalized spacial score (nSPS) is 11.6. The van der Waals surface area contributed by atoms with Crippen molar-refractivity contribution in [2.75, 3.05) is 11.9 Å². The standard InChI is InChI=1S/C18H19N3O5S/c1-11-3-6-16(12(2)9-11)27(24,25)19-8-7-17(22)20-13-4-5-15-14(10-13)21-18(23)26-15/h3-6,9-10,19H,7-8H2,1-2H3,(H,20,22)(H,21,23). The van der Waals surface area contributed by atoms with Crippen LogP contribution in [-0.4, -0.2) is 25.9 Å². The third-order valence-corrected chi connectivity index (χ3v) is 5.59. The lowest BCUT2D eigenvalue weighted by Gasteiger charge is -2.10. The number of amides is 1. The number of anilines is 1. The minimum absolute atomic E-state index is 0.0354. The van der Waals surface area contributed by atoms with Crippen LogP contribution in [-0.2, 0) is 14.8 Å². The first kappa shape index (κ1) is 18.9. The molecule has 0 spiro atoms. The van der Waals surface area contributed by atoms with Gasteiger partial charge in [0.1, 0.15) is 0 Å². The van der Waals surface area contributed by atoms with Crippen molar-refractivity contribution in [2.45, 2.75) is 25.2 Å². The second-order valence-corrected chi connectivity index (χ2v) is 7.93. The molecule has 9 heteroatoms. The van der Waals surface area contributed by atoms with Crippen molar-refractivity contribution in [3.05, 3.63) is 58.1 Å². The van der Waals surface area contributed by atoms with Crippen LogP contribution in [0.3, 0.4) is 0 Å². The number of carbonyl (C=O) groups excluding carboxylic acids is 1. The molecule has 0 saturated carbocycles. The molecule has 3 aromatic rings. The maximum absolute atomic E-state index is 12.4. The maximum Gasteiger partial charge on any atom is 0.417 e. The Balaban J connectivity index is 1.59. The van der Waals surface area contributed by atoms with Gasteiger partial charge in [-0.2, -0.15) is 0 Å². The molecule has 3 rings (SSSR count). The molecular formula is C18H19N3O5S. The van der Waals surface area contributed by atoms with Gasteiger partial charge in [-0.3, -0.25) is 9.78 Å². The summed E-state index contributed by atoms with van der Waals surface area (Å²) >= 11 is 0.